The van der Waals surface area contributed by atoms with Crippen molar-refractivity contribution < 1.29 is 4.74 Å². The van der Waals surface area contributed by atoms with Gasteiger partial charge >= 0.3 is 0 Å². The second-order valence-electron chi connectivity index (χ2n) is 5.41. The van der Waals surface area contributed by atoms with Gasteiger partial charge < -0.3 is 20.3 Å². The molecule has 0 bridgehead atoms. The van der Waals surface area contributed by atoms with E-state index in [2.05, 4.69) is 23.9 Å². The van der Waals surface area contributed by atoms with Crippen molar-refractivity contribution in [2.75, 3.05) is 47.4 Å². The first-order valence-electron chi connectivity index (χ1n) is 6.76. The standard InChI is InChI=1S/C13H29N3O/c1-15(2)13-7-4-8-16(11-13)10-12(14)6-5-9-17-3/h12-13H,4-11,14H2,1-3H3. The van der Waals surface area contributed by atoms with Gasteiger partial charge in [0.25, 0.3) is 0 Å². The number of piperidine rings is 1. The number of hydrogen-bond acceptors (Lipinski definition) is 4. The molecule has 2 unspecified atom stereocenters. The van der Waals surface area contributed by atoms with E-state index in [-0.39, 0.29) is 0 Å². The van der Waals surface area contributed by atoms with E-state index in [0.29, 0.717) is 12.1 Å². The van der Waals surface area contributed by atoms with Gasteiger partial charge in [-0.2, -0.15) is 0 Å². The highest BCUT2D eigenvalue weighted by Crippen LogP contribution is 2.14. The fourth-order valence-corrected chi connectivity index (χ4v) is 2.53. The van der Waals surface area contributed by atoms with E-state index in [4.69, 9.17) is 10.5 Å². The maximum absolute atomic E-state index is 6.16. The van der Waals surface area contributed by atoms with Crippen molar-refractivity contribution in [1.29, 1.82) is 0 Å². The van der Waals surface area contributed by atoms with Crippen LogP contribution in [0.3, 0.4) is 0 Å². The summed E-state index contributed by atoms with van der Waals surface area (Å²) in [4.78, 5) is 4.86. The molecule has 1 fully saturated rings. The number of rotatable bonds is 7. The molecule has 1 rings (SSSR count). The van der Waals surface area contributed by atoms with Crippen molar-refractivity contribution >= 4 is 0 Å². The summed E-state index contributed by atoms with van der Waals surface area (Å²) in [5.41, 5.74) is 6.16. The number of likely N-dealkylation sites (N-methyl/N-ethyl adjacent to an activating group) is 1. The Hall–Kier alpha value is -0.160. The molecule has 0 aromatic carbocycles. The van der Waals surface area contributed by atoms with E-state index in [1.54, 1.807) is 7.11 Å². The third-order valence-electron chi connectivity index (χ3n) is 3.63. The van der Waals surface area contributed by atoms with Crippen LogP contribution in [0.25, 0.3) is 0 Å². The second-order valence-corrected chi connectivity index (χ2v) is 5.41. The van der Waals surface area contributed by atoms with Gasteiger partial charge in [0.1, 0.15) is 0 Å². The molecule has 0 aromatic rings. The van der Waals surface area contributed by atoms with Crippen molar-refractivity contribution in [3.05, 3.63) is 0 Å². The van der Waals surface area contributed by atoms with Gasteiger partial charge in [-0.25, -0.2) is 0 Å². The topological polar surface area (TPSA) is 41.7 Å². The molecule has 0 amide bonds. The number of hydrogen-bond donors (Lipinski definition) is 1. The van der Waals surface area contributed by atoms with Crippen molar-refractivity contribution in [3.63, 3.8) is 0 Å². The van der Waals surface area contributed by atoms with Crippen LogP contribution in [0.1, 0.15) is 25.7 Å². The summed E-state index contributed by atoms with van der Waals surface area (Å²) in [5, 5.41) is 0. The first kappa shape index (κ1) is 14.9. The molecule has 0 radical (unpaired) electrons. The molecule has 4 nitrogen and oxygen atoms in total. The highest BCUT2D eigenvalue weighted by Gasteiger charge is 2.22. The Kier molecular flexibility index (Phi) is 7.04. The Labute approximate surface area is 106 Å². The molecule has 0 aliphatic carbocycles. The molecule has 1 aliphatic heterocycles. The summed E-state index contributed by atoms with van der Waals surface area (Å²) in [6, 6.07) is 1.00. The Balaban J connectivity index is 2.21. The van der Waals surface area contributed by atoms with Gasteiger partial charge in [0.05, 0.1) is 0 Å². The van der Waals surface area contributed by atoms with Gasteiger partial charge in [0.15, 0.2) is 0 Å². The summed E-state index contributed by atoms with van der Waals surface area (Å²) < 4.78 is 5.05. The predicted molar refractivity (Wildman–Crippen MR) is 72.2 cm³/mol. The molecule has 4 heteroatoms. The molecule has 0 spiro atoms. The third kappa shape index (κ3) is 5.82. The molecule has 1 heterocycles. The van der Waals surface area contributed by atoms with Gasteiger partial charge in [-0.3, -0.25) is 0 Å². The Morgan fingerprint density at radius 1 is 1.47 bits per heavy atom. The minimum atomic E-state index is 0.297. The first-order valence-corrected chi connectivity index (χ1v) is 6.76. The predicted octanol–water partition coefficient (Wildman–Crippen LogP) is 0.766. The molecule has 102 valence electrons. The maximum atomic E-state index is 6.16. The van der Waals surface area contributed by atoms with Gasteiger partial charge in [-0.15, -0.1) is 0 Å². The second kappa shape index (κ2) is 8.03. The lowest BCUT2D eigenvalue weighted by atomic mass is 10.0. The molecule has 1 aliphatic rings. The van der Waals surface area contributed by atoms with Gasteiger partial charge in [-0.05, 0) is 46.3 Å². The zero-order valence-electron chi connectivity index (χ0n) is 11.7. The molecule has 1 saturated heterocycles. The van der Waals surface area contributed by atoms with Crippen LogP contribution < -0.4 is 5.73 Å². The van der Waals surface area contributed by atoms with E-state index >= 15 is 0 Å². The SMILES string of the molecule is COCCCC(N)CN1CCCC(N(C)C)C1. The summed E-state index contributed by atoms with van der Waals surface area (Å²) in [7, 11) is 6.09. The molecule has 17 heavy (non-hydrogen) atoms. The van der Waals surface area contributed by atoms with Crippen LogP contribution in [-0.4, -0.2) is 69.3 Å². The minimum absolute atomic E-state index is 0.297. The normalized spacial score (nSPS) is 24.2. The number of methoxy groups -OCH3 is 1. The fraction of sp³-hybridized carbons (Fsp3) is 1.00. The van der Waals surface area contributed by atoms with Crippen LogP contribution in [0.4, 0.5) is 0 Å². The lowest BCUT2D eigenvalue weighted by Crippen LogP contribution is -2.48. The van der Waals surface area contributed by atoms with Gasteiger partial charge in [-0.1, -0.05) is 0 Å². The third-order valence-corrected chi connectivity index (χ3v) is 3.63. The summed E-state index contributed by atoms with van der Waals surface area (Å²) >= 11 is 0. The van der Waals surface area contributed by atoms with Gasteiger partial charge in [0.2, 0.25) is 0 Å². The van der Waals surface area contributed by atoms with Gasteiger partial charge in [0, 0.05) is 38.9 Å². The van der Waals surface area contributed by atoms with Crippen molar-refractivity contribution in [2.24, 2.45) is 5.73 Å². The van der Waals surface area contributed by atoms with E-state index < -0.39 is 0 Å². The van der Waals surface area contributed by atoms with E-state index in [1.165, 1.54) is 25.9 Å². The zero-order valence-corrected chi connectivity index (χ0v) is 11.7. The Morgan fingerprint density at radius 3 is 2.88 bits per heavy atom. The van der Waals surface area contributed by atoms with Crippen LogP contribution in [-0.2, 0) is 4.74 Å². The lowest BCUT2D eigenvalue weighted by molar-refractivity contribution is 0.124. The summed E-state index contributed by atoms with van der Waals surface area (Å²) in [6.07, 6.45) is 4.76. The zero-order chi connectivity index (χ0) is 12.7. The lowest BCUT2D eigenvalue weighted by Gasteiger charge is -2.37. The molecular weight excluding hydrogens is 214 g/mol. The number of nitrogens with zero attached hydrogens (tertiary/aromatic N) is 2. The maximum Gasteiger partial charge on any atom is 0.0462 e. The average molecular weight is 243 g/mol. The highest BCUT2D eigenvalue weighted by molar-refractivity contribution is 4.80. The number of nitrogens with two attached hydrogens (primary N) is 1. The van der Waals surface area contributed by atoms with Crippen LogP contribution in [0.2, 0.25) is 0 Å². The highest BCUT2D eigenvalue weighted by atomic mass is 16.5. The van der Waals surface area contributed by atoms with Crippen LogP contribution >= 0.6 is 0 Å². The van der Waals surface area contributed by atoms with E-state index in [1.807, 2.05) is 0 Å². The monoisotopic (exact) mass is 243 g/mol. The first-order chi connectivity index (χ1) is 8.13. The smallest absolute Gasteiger partial charge is 0.0462 e. The van der Waals surface area contributed by atoms with E-state index in [0.717, 1.165) is 26.0 Å². The van der Waals surface area contributed by atoms with E-state index in [9.17, 15) is 0 Å². The number of ether oxygens (including phenoxy) is 1. The van der Waals surface area contributed by atoms with Crippen LogP contribution in [0.5, 0.6) is 0 Å². The Morgan fingerprint density at radius 2 is 2.24 bits per heavy atom. The Bertz CT molecular complexity index is 199. The van der Waals surface area contributed by atoms with Crippen LogP contribution in [0.15, 0.2) is 0 Å². The van der Waals surface area contributed by atoms with Crippen molar-refractivity contribution in [2.45, 2.75) is 37.8 Å². The number of likely N-dealkylation sites (tertiary alicyclic amines) is 1. The summed E-state index contributed by atoms with van der Waals surface area (Å²) in [5.74, 6) is 0. The molecule has 2 N–H and O–H groups in total. The molecule has 0 aromatic heterocycles. The molecule has 2 atom stereocenters. The fourth-order valence-electron chi connectivity index (χ4n) is 2.53. The summed E-state index contributed by atoms with van der Waals surface area (Å²) in [6.45, 7) is 4.25. The molecule has 0 saturated carbocycles. The largest absolute Gasteiger partial charge is 0.385 e. The average Bonchev–Trinajstić information content (AvgIpc) is 2.29. The van der Waals surface area contributed by atoms with Crippen LogP contribution in [0, 0.1) is 0 Å². The van der Waals surface area contributed by atoms with Crippen molar-refractivity contribution in [3.8, 4) is 0 Å². The molecular formula is C13H29N3O. The quantitative estimate of drug-likeness (QED) is 0.671. The minimum Gasteiger partial charge on any atom is -0.385 e. The van der Waals surface area contributed by atoms with Crippen molar-refractivity contribution in [1.82, 2.24) is 9.80 Å².